The summed E-state index contributed by atoms with van der Waals surface area (Å²) in [7, 11) is 0. The van der Waals surface area contributed by atoms with Crippen molar-refractivity contribution in [1.82, 2.24) is 5.32 Å². The summed E-state index contributed by atoms with van der Waals surface area (Å²) >= 11 is 1.82. The van der Waals surface area contributed by atoms with Crippen LogP contribution in [0.1, 0.15) is 50.0 Å². The van der Waals surface area contributed by atoms with Crippen LogP contribution in [0, 0.1) is 0 Å². The highest BCUT2D eigenvalue weighted by molar-refractivity contribution is 7.99. The van der Waals surface area contributed by atoms with Crippen LogP contribution in [0.15, 0.2) is 30.3 Å². The minimum atomic E-state index is -1.12. The van der Waals surface area contributed by atoms with Crippen molar-refractivity contribution >= 4 is 17.7 Å². The lowest BCUT2D eigenvalue weighted by Crippen LogP contribution is -2.52. The maximum atomic E-state index is 12.4. The number of carbonyl (C=O) groups is 1. The van der Waals surface area contributed by atoms with Gasteiger partial charge in [-0.3, -0.25) is 4.79 Å². The van der Waals surface area contributed by atoms with Gasteiger partial charge in [-0.15, -0.1) is 0 Å². The van der Waals surface area contributed by atoms with E-state index in [0.29, 0.717) is 18.8 Å². The summed E-state index contributed by atoms with van der Waals surface area (Å²) in [5.41, 5.74) is 0.289. The predicted octanol–water partition coefficient (Wildman–Crippen LogP) is 3.09. The number of amides is 1. The Hall–Kier alpha value is -1.00. The van der Waals surface area contributed by atoms with Crippen molar-refractivity contribution in [3.8, 4) is 0 Å². The van der Waals surface area contributed by atoms with Gasteiger partial charge in [-0.25, -0.2) is 0 Å². The van der Waals surface area contributed by atoms with E-state index in [9.17, 15) is 9.90 Å². The number of nitrogens with one attached hydrogen (secondary N) is 1. The molecule has 1 amide bonds. The van der Waals surface area contributed by atoms with Gasteiger partial charge in [-0.1, -0.05) is 30.3 Å². The first-order chi connectivity index (χ1) is 10.7. The SMILES string of the molecule is O=C(NC1CCC(c2ccccc2)CC1)C1(O)CCSCC1. The van der Waals surface area contributed by atoms with E-state index in [1.165, 1.54) is 5.56 Å². The lowest BCUT2D eigenvalue weighted by molar-refractivity contribution is -0.141. The van der Waals surface area contributed by atoms with Gasteiger partial charge in [0.15, 0.2) is 0 Å². The zero-order valence-corrected chi connectivity index (χ0v) is 13.8. The first kappa shape index (κ1) is 15.9. The van der Waals surface area contributed by atoms with E-state index in [4.69, 9.17) is 0 Å². The summed E-state index contributed by atoms with van der Waals surface area (Å²) in [6.45, 7) is 0. The lowest BCUT2D eigenvalue weighted by Gasteiger charge is -2.34. The second-order valence-electron chi connectivity index (χ2n) is 6.58. The maximum absolute atomic E-state index is 12.4. The van der Waals surface area contributed by atoms with Crippen molar-refractivity contribution in [3.63, 3.8) is 0 Å². The standard InChI is InChI=1S/C18H25NO2S/c20-17(18(21)10-12-22-13-11-18)19-16-8-6-15(7-9-16)14-4-2-1-3-5-14/h1-5,15-16,21H,6-13H2,(H,19,20). The highest BCUT2D eigenvalue weighted by Crippen LogP contribution is 2.33. The van der Waals surface area contributed by atoms with E-state index in [-0.39, 0.29) is 11.9 Å². The number of hydrogen-bond acceptors (Lipinski definition) is 3. The minimum Gasteiger partial charge on any atom is -0.380 e. The van der Waals surface area contributed by atoms with Crippen LogP contribution in [0.3, 0.4) is 0 Å². The number of rotatable bonds is 3. The quantitative estimate of drug-likeness (QED) is 0.900. The molecule has 2 aliphatic rings. The zero-order valence-electron chi connectivity index (χ0n) is 13.0. The van der Waals surface area contributed by atoms with E-state index < -0.39 is 5.60 Å². The van der Waals surface area contributed by atoms with Crippen LogP contribution in [0.25, 0.3) is 0 Å². The van der Waals surface area contributed by atoms with Crippen molar-refractivity contribution in [2.24, 2.45) is 0 Å². The van der Waals surface area contributed by atoms with E-state index in [0.717, 1.165) is 37.2 Å². The van der Waals surface area contributed by atoms with Crippen molar-refractivity contribution in [3.05, 3.63) is 35.9 Å². The lowest BCUT2D eigenvalue weighted by atomic mass is 9.81. The summed E-state index contributed by atoms with van der Waals surface area (Å²) in [5.74, 6) is 2.23. The van der Waals surface area contributed by atoms with E-state index in [1.807, 2.05) is 11.8 Å². The van der Waals surface area contributed by atoms with Crippen LogP contribution in [-0.2, 0) is 4.79 Å². The third-order valence-corrected chi connectivity index (χ3v) is 6.06. The van der Waals surface area contributed by atoms with Gasteiger partial charge in [0.25, 0.3) is 5.91 Å². The van der Waals surface area contributed by atoms with E-state index >= 15 is 0 Å². The van der Waals surface area contributed by atoms with Gasteiger partial charge in [0, 0.05) is 6.04 Å². The molecule has 0 spiro atoms. The smallest absolute Gasteiger partial charge is 0.252 e. The van der Waals surface area contributed by atoms with Crippen LogP contribution in [0.2, 0.25) is 0 Å². The third-order valence-electron chi connectivity index (χ3n) is 5.08. The highest BCUT2D eigenvalue weighted by atomic mass is 32.2. The molecule has 2 fully saturated rings. The Morgan fingerprint density at radius 3 is 2.36 bits per heavy atom. The highest BCUT2D eigenvalue weighted by Gasteiger charge is 2.38. The fourth-order valence-electron chi connectivity index (χ4n) is 3.55. The van der Waals surface area contributed by atoms with Crippen molar-refractivity contribution in [2.45, 2.75) is 56.1 Å². The average Bonchev–Trinajstić information content (AvgIpc) is 2.57. The Kier molecular flexibility index (Phi) is 5.09. The van der Waals surface area contributed by atoms with Gasteiger partial charge in [0.2, 0.25) is 0 Å². The molecular formula is C18H25NO2S. The van der Waals surface area contributed by atoms with Gasteiger partial charge in [0.1, 0.15) is 5.60 Å². The van der Waals surface area contributed by atoms with Gasteiger partial charge in [-0.2, -0.15) is 11.8 Å². The molecule has 1 saturated carbocycles. The van der Waals surface area contributed by atoms with E-state index in [1.54, 1.807) is 0 Å². The monoisotopic (exact) mass is 319 g/mol. The van der Waals surface area contributed by atoms with Crippen molar-refractivity contribution in [1.29, 1.82) is 0 Å². The number of aliphatic hydroxyl groups is 1. The molecule has 3 nitrogen and oxygen atoms in total. The Balaban J connectivity index is 1.50. The fraction of sp³-hybridized carbons (Fsp3) is 0.611. The van der Waals surface area contributed by atoms with Crippen LogP contribution in [-0.4, -0.2) is 34.2 Å². The number of benzene rings is 1. The van der Waals surface area contributed by atoms with Crippen LogP contribution >= 0.6 is 11.8 Å². The molecule has 0 aromatic heterocycles. The largest absolute Gasteiger partial charge is 0.380 e. The Morgan fingerprint density at radius 2 is 1.73 bits per heavy atom. The van der Waals surface area contributed by atoms with Gasteiger partial charge in [-0.05, 0) is 61.5 Å². The van der Waals surface area contributed by atoms with Crippen LogP contribution in [0.5, 0.6) is 0 Å². The second kappa shape index (κ2) is 7.05. The molecule has 1 saturated heterocycles. The summed E-state index contributed by atoms with van der Waals surface area (Å²) in [5, 5.41) is 13.6. The third kappa shape index (κ3) is 3.66. The average molecular weight is 319 g/mol. The first-order valence-corrected chi connectivity index (χ1v) is 9.49. The molecule has 1 aliphatic heterocycles. The zero-order chi connectivity index (χ0) is 15.4. The van der Waals surface area contributed by atoms with Crippen molar-refractivity contribution < 1.29 is 9.90 Å². The van der Waals surface area contributed by atoms with Crippen molar-refractivity contribution in [2.75, 3.05) is 11.5 Å². The molecule has 1 aromatic rings. The molecule has 3 rings (SSSR count). The molecule has 0 bridgehead atoms. The first-order valence-electron chi connectivity index (χ1n) is 8.33. The normalized spacial score (nSPS) is 28.0. The molecular weight excluding hydrogens is 294 g/mol. The van der Waals surface area contributed by atoms with Crippen LogP contribution in [0.4, 0.5) is 0 Å². The van der Waals surface area contributed by atoms with Gasteiger partial charge < -0.3 is 10.4 Å². The molecule has 2 N–H and O–H groups in total. The molecule has 4 heteroatoms. The molecule has 0 atom stereocenters. The van der Waals surface area contributed by atoms with Gasteiger partial charge >= 0.3 is 0 Å². The Bertz CT molecular complexity index is 491. The molecule has 1 heterocycles. The molecule has 120 valence electrons. The molecule has 1 aliphatic carbocycles. The van der Waals surface area contributed by atoms with Gasteiger partial charge in [0.05, 0.1) is 0 Å². The van der Waals surface area contributed by atoms with Crippen LogP contribution < -0.4 is 5.32 Å². The minimum absolute atomic E-state index is 0.143. The summed E-state index contributed by atoms with van der Waals surface area (Å²) in [6, 6.07) is 10.9. The predicted molar refractivity (Wildman–Crippen MR) is 91.1 cm³/mol. The second-order valence-corrected chi connectivity index (χ2v) is 7.80. The summed E-state index contributed by atoms with van der Waals surface area (Å²) in [4.78, 5) is 12.4. The topological polar surface area (TPSA) is 49.3 Å². The maximum Gasteiger partial charge on any atom is 0.252 e. The number of thioether (sulfide) groups is 1. The molecule has 0 radical (unpaired) electrons. The summed E-state index contributed by atoms with van der Waals surface area (Å²) in [6.07, 6.45) is 5.42. The fourth-order valence-corrected chi connectivity index (χ4v) is 4.72. The summed E-state index contributed by atoms with van der Waals surface area (Å²) < 4.78 is 0. The Morgan fingerprint density at radius 1 is 1.09 bits per heavy atom. The van der Waals surface area contributed by atoms with E-state index in [2.05, 4.69) is 35.6 Å². The Labute approximate surface area is 136 Å². The molecule has 1 aromatic carbocycles. The number of hydrogen-bond donors (Lipinski definition) is 2. The molecule has 22 heavy (non-hydrogen) atoms. The molecule has 0 unspecified atom stereocenters. The number of carbonyl (C=O) groups excluding carboxylic acids is 1.